The normalized spacial score (nSPS) is 19.8. The molecule has 2 aliphatic rings. The smallest absolute Gasteiger partial charge is 0.407 e. The van der Waals surface area contributed by atoms with Crippen molar-refractivity contribution < 1.29 is 34.0 Å². The zero-order valence-electron chi connectivity index (χ0n) is 20.4. The number of methoxy groups -OCH3 is 1. The van der Waals surface area contributed by atoms with Gasteiger partial charge in [0.2, 0.25) is 5.88 Å². The SMILES string of the molecule is COc1ccccc1COCCCOc1ccc(C2=C(C(=O)O)[C@H]3CN(C(=O)O)C[C@@H](C2)N3C)cn1. The van der Waals surface area contributed by atoms with Gasteiger partial charge in [0.1, 0.15) is 5.75 Å². The molecule has 2 bridgehead atoms. The zero-order valence-corrected chi connectivity index (χ0v) is 20.4. The van der Waals surface area contributed by atoms with E-state index in [1.54, 1.807) is 19.4 Å². The number of hydrogen-bond donors (Lipinski definition) is 2. The first-order valence-corrected chi connectivity index (χ1v) is 11.8. The lowest BCUT2D eigenvalue weighted by molar-refractivity contribution is -0.134. The maximum atomic E-state index is 12.2. The summed E-state index contributed by atoms with van der Waals surface area (Å²) in [6, 6.07) is 10.7. The van der Waals surface area contributed by atoms with Gasteiger partial charge >= 0.3 is 12.1 Å². The number of aromatic nitrogens is 1. The molecule has 2 aromatic rings. The Morgan fingerprint density at radius 3 is 2.61 bits per heavy atom. The van der Waals surface area contributed by atoms with Gasteiger partial charge in [-0.2, -0.15) is 0 Å². The van der Waals surface area contributed by atoms with Gasteiger partial charge in [0, 0.05) is 43.4 Å². The Morgan fingerprint density at radius 2 is 1.92 bits per heavy atom. The molecule has 1 aromatic heterocycles. The Bertz CT molecular complexity index is 1120. The third kappa shape index (κ3) is 5.60. The number of carboxylic acids is 1. The maximum Gasteiger partial charge on any atom is 0.407 e. The minimum atomic E-state index is -1.04. The third-order valence-electron chi connectivity index (χ3n) is 6.71. The van der Waals surface area contributed by atoms with Crippen LogP contribution in [0.15, 0.2) is 48.2 Å². The fourth-order valence-electron chi connectivity index (χ4n) is 4.79. The topological polar surface area (TPSA) is 122 Å². The van der Waals surface area contributed by atoms with E-state index in [4.69, 9.17) is 14.2 Å². The van der Waals surface area contributed by atoms with E-state index in [0.717, 1.165) is 11.3 Å². The number of fused-ring (bicyclic) bond motifs is 2. The van der Waals surface area contributed by atoms with Crippen LogP contribution in [-0.2, 0) is 16.1 Å². The van der Waals surface area contributed by atoms with Crippen LogP contribution in [0.2, 0.25) is 0 Å². The number of carbonyl (C=O) groups is 2. The molecule has 0 aliphatic carbocycles. The minimum absolute atomic E-state index is 0.0928. The molecule has 0 unspecified atom stereocenters. The van der Waals surface area contributed by atoms with Crippen molar-refractivity contribution in [2.24, 2.45) is 0 Å². The van der Waals surface area contributed by atoms with Crippen molar-refractivity contribution in [1.29, 1.82) is 0 Å². The summed E-state index contributed by atoms with van der Waals surface area (Å²) in [4.78, 5) is 31.3. The predicted molar refractivity (Wildman–Crippen MR) is 131 cm³/mol. The highest BCUT2D eigenvalue weighted by Crippen LogP contribution is 2.37. The van der Waals surface area contributed by atoms with Crippen molar-refractivity contribution >= 4 is 17.6 Å². The molecule has 192 valence electrons. The van der Waals surface area contributed by atoms with Crippen LogP contribution in [-0.4, -0.2) is 89.6 Å². The summed E-state index contributed by atoms with van der Waals surface area (Å²) in [5.41, 5.74) is 2.63. The average molecular weight is 498 g/mol. The standard InChI is InChI=1S/C26H31N3O7/c1-28-19-12-20(24(25(30)31)21(28)15-29(14-19)26(32)33)17-8-9-23(27-13-17)36-11-5-10-35-16-18-6-3-4-7-22(18)34-2/h3-4,6-9,13,19,21H,5,10-12,14-16H2,1-2H3,(H,30,31)(H,32,33)/t19-,21-/m1/s1. The number of pyridine rings is 1. The van der Waals surface area contributed by atoms with Gasteiger partial charge in [-0.3, -0.25) is 4.90 Å². The number of para-hydroxylation sites is 1. The predicted octanol–water partition coefficient (Wildman–Crippen LogP) is 2.98. The number of rotatable bonds is 10. The second kappa shape index (κ2) is 11.4. The van der Waals surface area contributed by atoms with Crippen molar-refractivity contribution in [3.63, 3.8) is 0 Å². The number of amides is 1. The van der Waals surface area contributed by atoms with Crippen LogP contribution in [0.1, 0.15) is 24.0 Å². The molecule has 1 fully saturated rings. The number of ether oxygens (including phenoxy) is 3. The minimum Gasteiger partial charge on any atom is -0.496 e. The van der Waals surface area contributed by atoms with E-state index in [1.807, 2.05) is 42.3 Å². The number of carboxylic acid groups (broad SMARTS) is 2. The van der Waals surface area contributed by atoms with Gasteiger partial charge in [-0.05, 0) is 36.7 Å². The van der Waals surface area contributed by atoms with E-state index in [1.165, 1.54) is 4.90 Å². The van der Waals surface area contributed by atoms with Gasteiger partial charge in [0.15, 0.2) is 0 Å². The summed E-state index contributed by atoms with van der Waals surface area (Å²) >= 11 is 0. The first-order valence-electron chi connectivity index (χ1n) is 11.8. The first kappa shape index (κ1) is 25.5. The van der Waals surface area contributed by atoms with Gasteiger partial charge in [-0.1, -0.05) is 18.2 Å². The Balaban J connectivity index is 1.33. The molecule has 0 saturated carbocycles. The van der Waals surface area contributed by atoms with E-state index < -0.39 is 18.1 Å². The number of aliphatic carboxylic acids is 1. The van der Waals surface area contributed by atoms with Gasteiger partial charge in [-0.25, -0.2) is 14.6 Å². The van der Waals surface area contributed by atoms with Gasteiger partial charge in [-0.15, -0.1) is 0 Å². The first-order chi connectivity index (χ1) is 17.4. The van der Waals surface area contributed by atoms with Crippen LogP contribution in [0.3, 0.4) is 0 Å². The Hall–Kier alpha value is -3.63. The second-order valence-electron chi connectivity index (χ2n) is 8.88. The molecule has 0 spiro atoms. The summed E-state index contributed by atoms with van der Waals surface area (Å²) in [6.07, 6.45) is 1.72. The highest BCUT2D eigenvalue weighted by Gasteiger charge is 2.43. The lowest BCUT2D eigenvalue weighted by atomic mass is 9.82. The molecule has 1 aromatic carbocycles. The van der Waals surface area contributed by atoms with Gasteiger partial charge < -0.3 is 29.3 Å². The van der Waals surface area contributed by atoms with E-state index in [9.17, 15) is 19.8 Å². The highest BCUT2D eigenvalue weighted by molar-refractivity contribution is 5.98. The zero-order chi connectivity index (χ0) is 25.7. The monoisotopic (exact) mass is 497 g/mol. The summed E-state index contributed by atoms with van der Waals surface area (Å²) in [7, 11) is 3.48. The third-order valence-corrected chi connectivity index (χ3v) is 6.71. The molecule has 2 aliphatic heterocycles. The molecule has 10 heteroatoms. The number of piperazine rings is 1. The second-order valence-corrected chi connectivity index (χ2v) is 8.88. The number of hydrogen-bond acceptors (Lipinski definition) is 7. The number of likely N-dealkylation sites (N-methyl/N-ethyl adjacent to an activating group) is 1. The van der Waals surface area contributed by atoms with Crippen LogP contribution in [0, 0.1) is 0 Å². The fraction of sp³-hybridized carbons (Fsp3) is 0.423. The molecule has 1 amide bonds. The van der Waals surface area contributed by atoms with Crippen LogP contribution >= 0.6 is 0 Å². The van der Waals surface area contributed by atoms with E-state index in [0.29, 0.717) is 56.2 Å². The van der Waals surface area contributed by atoms with Crippen LogP contribution in [0.5, 0.6) is 11.6 Å². The molecule has 10 nitrogen and oxygen atoms in total. The molecule has 2 atom stereocenters. The van der Waals surface area contributed by atoms with E-state index in [-0.39, 0.29) is 18.2 Å². The van der Waals surface area contributed by atoms with Crippen LogP contribution in [0.4, 0.5) is 4.79 Å². The number of nitrogens with zero attached hydrogens (tertiary/aromatic N) is 3. The fourth-order valence-corrected chi connectivity index (χ4v) is 4.79. The largest absolute Gasteiger partial charge is 0.496 e. The van der Waals surface area contributed by atoms with Crippen molar-refractivity contribution in [1.82, 2.24) is 14.8 Å². The molecule has 0 radical (unpaired) electrons. The highest BCUT2D eigenvalue weighted by atomic mass is 16.5. The van der Waals surface area contributed by atoms with Crippen molar-refractivity contribution in [2.45, 2.75) is 31.5 Å². The molecular formula is C26H31N3O7. The molecule has 2 N–H and O–H groups in total. The summed E-state index contributed by atoms with van der Waals surface area (Å²) in [5, 5.41) is 19.4. The molecule has 3 heterocycles. The van der Waals surface area contributed by atoms with E-state index in [2.05, 4.69) is 4.98 Å². The molecular weight excluding hydrogens is 466 g/mol. The van der Waals surface area contributed by atoms with Crippen molar-refractivity contribution in [3.05, 3.63) is 59.3 Å². The lowest BCUT2D eigenvalue weighted by Crippen LogP contribution is -2.61. The van der Waals surface area contributed by atoms with Gasteiger partial charge in [0.25, 0.3) is 0 Å². The Kier molecular flexibility index (Phi) is 8.07. The summed E-state index contributed by atoms with van der Waals surface area (Å²) < 4.78 is 16.8. The molecule has 4 rings (SSSR count). The Morgan fingerprint density at radius 1 is 1.11 bits per heavy atom. The quantitative estimate of drug-likeness (QED) is 0.477. The molecule has 1 saturated heterocycles. The summed E-state index contributed by atoms with van der Waals surface area (Å²) in [5.74, 6) is 0.207. The van der Waals surface area contributed by atoms with Gasteiger partial charge in [0.05, 0.1) is 38.5 Å². The Labute approximate surface area is 209 Å². The van der Waals surface area contributed by atoms with Crippen LogP contribution in [0.25, 0.3) is 5.57 Å². The molecule has 36 heavy (non-hydrogen) atoms. The number of benzene rings is 1. The van der Waals surface area contributed by atoms with Crippen molar-refractivity contribution in [2.75, 3.05) is 40.5 Å². The lowest BCUT2D eigenvalue weighted by Gasteiger charge is -2.48. The van der Waals surface area contributed by atoms with Crippen LogP contribution < -0.4 is 9.47 Å². The average Bonchev–Trinajstić information content (AvgIpc) is 2.86. The van der Waals surface area contributed by atoms with E-state index >= 15 is 0 Å². The van der Waals surface area contributed by atoms with Crippen molar-refractivity contribution in [3.8, 4) is 11.6 Å². The maximum absolute atomic E-state index is 12.2. The summed E-state index contributed by atoms with van der Waals surface area (Å²) in [6.45, 7) is 1.88.